The summed E-state index contributed by atoms with van der Waals surface area (Å²) in [6, 6.07) is 14.8. The minimum Gasteiger partial charge on any atom is -0.451 e. The Kier molecular flexibility index (Phi) is 3.47. The molecule has 0 unspecified atom stereocenters. The molecule has 0 spiro atoms. The molecular weight excluding hydrogens is 271 g/mol. The summed E-state index contributed by atoms with van der Waals surface area (Å²) in [5.41, 5.74) is 3.69. The van der Waals surface area contributed by atoms with Gasteiger partial charge in [0, 0.05) is 5.39 Å². The lowest BCUT2D eigenvalue weighted by Gasteiger charge is -1.95. The van der Waals surface area contributed by atoms with Crippen molar-refractivity contribution in [1.82, 2.24) is 5.43 Å². The van der Waals surface area contributed by atoms with Crippen LogP contribution in [0.25, 0.3) is 11.0 Å². The second-order valence-corrected chi connectivity index (χ2v) is 4.40. The van der Waals surface area contributed by atoms with Gasteiger partial charge in [0.15, 0.2) is 5.76 Å². The highest BCUT2D eigenvalue weighted by atomic mass is 19.1. The highest BCUT2D eigenvalue weighted by Crippen LogP contribution is 2.18. The molecule has 0 aliphatic heterocycles. The van der Waals surface area contributed by atoms with Crippen molar-refractivity contribution in [2.45, 2.75) is 0 Å². The first-order chi connectivity index (χ1) is 10.2. The van der Waals surface area contributed by atoms with E-state index >= 15 is 0 Å². The summed E-state index contributed by atoms with van der Waals surface area (Å²) in [6.45, 7) is 0. The number of nitrogens with zero attached hydrogens (tertiary/aromatic N) is 1. The number of hydrogen-bond acceptors (Lipinski definition) is 3. The van der Waals surface area contributed by atoms with Crippen LogP contribution in [0.1, 0.15) is 16.1 Å². The smallest absolute Gasteiger partial charge is 0.307 e. The van der Waals surface area contributed by atoms with E-state index in [0.717, 1.165) is 5.39 Å². The van der Waals surface area contributed by atoms with Crippen molar-refractivity contribution in [1.29, 1.82) is 0 Å². The summed E-state index contributed by atoms with van der Waals surface area (Å²) in [6.07, 6.45) is 1.43. The molecule has 1 N–H and O–H groups in total. The molecule has 0 radical (unpaired) electrons. The summed E-state index contributed by atoms with van der Waals surface area (Å²) in [7, 11) is 0. The Morgan fingerprint density at radius 1 is 1.14 bits per heavy atom. The van der Waals surface area contributed by atoms with Gasteiger partial charge >= 0.3 is 5.91 Å². The highest BCUT2D eigenvalue weighted by Gasteiger charge is 2.10. The Balaban J connectivity index is 1.70. The molecule has 0 aliphatic rings. The van der Waals surface area contributed by atoms with E-state index in [1.807, 2.05) is 18.2 Å². The van der Waals surface area contributed by atoms with Crippen LogP contribution >= 0.6 is 0 Å². The molecule has 4 nitrogen and oxygen atoms in total. The summed E-state index contributed by atoms with van der Waals surface area (Å²) >= 11 is 0. The van der Waals surface area contributed by atoms with Crippen molar-refractivity contribution in [3.63, 3.8) is 0 Å². The average molecular weight is 282 g/mol. The Hall–Kier alpha value is -2.95. The fourth-order valence-electron chi connectivity index (χ4n) is 1.86. The number of carbonyl (C=O) groups excluding carboxylic acids is 1. The van der Waals surface area contributed by atoms with Crippen molar-refractivity contribution in [3.05, 3.63) is 71.7 Å². The average Bonchev–Trinajstić information content (AvgIpc) is 2.93. The Labute approximate surface area is 119 Å². The number of benzene rings is 2. The largest absolute Gasteiger partial charge is 0.451 e. The molecular formula is C16H11FN2O2. The maximum atomic E-state index is 12.7. The van der Waals surface area contributed by atoms with E-state index in [1.165, 1.54) is 18.3 Å². The first kappa shape index (κ1) is 13.1. The van der Waals surface area contributed by atoms with Gasteiger partial charge in [0.1, 0.15) is 11.4 Å². The summed E-state index contributed by atoms with van der Waals surface area (Å²) in [5.74, 6) is -0.574. The summed E-state index contributed by atoms with van der Waals surface area (Å²) in [4.78, 5) is 11.9. The van der Waals surface area contributed by atoms with Crippen molar-refractivity contribution in [2.24, 2.45) is 5.10 Å². The van der Waals surface area contributed by atoms with Crippen LogP contribution in [-0.2, 0) is 0 Å². The molecule has 3 aromatic rings. The number of fused-ring (bicyclic) bond motifs is 1. The number of carbonyl (C=O) groups is 1. The van der Waals surface area contributed by atoms with E-state index < -0.39 is 5.91 Å². The molecule has 0 atom stereocenters. The molecule has 0 fully saturated rings. The third-order valence-electron chi connectivity index (χ3n) is 2.90. The third kappa shape index (κ3) is 2.97. The van der Waals surface area contributed by atoms with Crippen LogP contribution in [0.5, 0.6) is 0 Å². The monoisotopic (exact) mass is 282 g/mol. The second-order valence-electron chi connectivity index (χ2n) is 4.40. The van der Waals surface area contributed by atoms with Gasteiger partial charge in [-0.3, -0.25) is 4.79 Å². The normalized spacial score (nSPS) is 11.1. The number of nitrogens with one attached hydrogen (secondary N) is 1. The van der Waals surface area contributed by atoms with Gasteiger partial charge < -0.3 is 4.42 Å². The van der Waals surface area contributed by atoms with Gasteiger partial charge in [0.25, 0.3) is 0 Å². The Morgan fingerprint density at radius 3 is 2.67 bits per heavy atom. The minimum atomic E-state index is -0.440. The zero-order valence-electron chi connectivity index (χ0n) is 10.9. The van der Waals surface area contributed by atoms with Crippen LogP contribution in [0.4, 0.5) is 4.39 Å². The lowest BCUT2D eigenvalue weighted by molar-refractivity contribution is 0.0929. The standard InChI is InChI=1S/C16H11FN2O2/c17-13-7-5-11(6-8-13)10-18-19-16(20)15-9-12-3-1-2-4-14(12)21-15/h1-10H,(H,19,20)/b18-10+. The lowest BCUT2D eigenvalue weighted by atomic mass is 10.2. The highest BCUT2D eigenvalue weighted by molar-refractivity contribution is 5.96. The maximum absolute atomic E-state index is 12.7. The van der Waals surface area contributed by atoms with Gasteiger partial charge in [0.05, 0.1) is 6.21 Å². The second kappa shape index (κ2) is 5.58. The van der Waals surface area contributed by atoms with Gasteiger partial charge in [-0.1, -0.05) is 30.3 Å². The molecule has 21 heavy (non-hydrogen) atoms. The fourth-order valence-corrected chi connectivity index (χ4v) is 1.86. The van der Waals surface area contributed by atoms with Crippen LogP contribution in [0, 0.1) is 5.82 Å². The number of amides is 1. The predicted octanol–water partition coefficient (Wildman–Crippen LogP) is 3.34. The van der Waals surface area contributed by atoms with Gasteiger partial charge in [-0.2, -0.15) is 5.10 Å². The van der Waals surface area contributed by atoms with E-state index in [-0.39, 0.29) is 11.6 Å². The zero-order chi connectivity index (χ0) is 14.7. The SMILES string of the molecule is O=C(N/N=C/c1ccc(F)cc1)c1cc2ccccc2o1. The summed E-state index contributed by atoms with van der Waals surface area (Å²) < 4.78 is 18.1. The molecule has 2 aromatic carbocycles. The van der Waals surface area contributed by atoms with E-state index in [9.17, 15) is 9.18 Å². The van der Waals surface area contributed by atoms with Crippen LogP contribution < -0.4 is 5.43 Å². The third-order valence-corrected chi connectivity index (χ3v) is 2.90. The van der Waals surface area contributed by atoms with Gasteiger partial charge in [-0.25, -0.2) is 9.82 Å². The number of halogens is 1. The molecule has 1 aromatic heterocycles. The molecule has 0 saturated carbocycles. The molecule has 1 heterocycles. The van der Waals surface area contributed by atoms with E-state index in [2.05, 4.69) is 10.5 Å². The zero-order valence-corrected chi connectivity index (χ0v) is 10.9. The quantitative estimate of drug-likeness (QED) is 0.591. The summed E-state index contributed by atoms with van der Waals surface area (Å²) in [5, 5.41) is 4.66. The molecule has 5 heteroatoms. The Bertz CT molecular complexity index is 774. The van der Waals surface area contributed by atoms with Crippen molar-refractivity contribution >= 4 is 23.1 Å². The van der Waals surface area contributed by atoms with Crippen molar-refractivity contribution < 1.29 is 13.6 Å². The van der Waals surface area contributed by atoms with Gasteiger partial charge in [-0.05, 0) is 29.8 Å². The number of para-hydroxylation sites is 1. The maximum Gasteiger partial charge on any atom is 0.307 e. The van der Waals surface area contributed by atoms with Crippen molar-refractivity contribution in [2.75, 3.05) is 0 Å². The molecule has 104 valence electrons. The number of hydrogen-bond donors (Lipinski definition) is 1. The lowest BCUT2D eigenvalue weighted by Crippen LogP contribution is -2.16. The fraction of sp³-hybridized carbons (Fsp3) is 0. The van der Waals surface area contributed by atoms with E-state index in [0.29, 0.717) is 11.1 Å². The first-order valence-electron chi connectivity index (χ1n) is 6.30. The molecule has 0 saturated heterocycles. The van der Waals surface area contributed by atoms with E-state index in [1.54, 1.807) is 24.3 Å². The Morgan fingerprint density at radius 2 is 1.90 bits per heavy atom. The minimum absolute atomic E-state index is 0.187. The molecule has 0 aliphatic carbocycles. The van der Waals surface area contributed by atoms with Crippen molar-refractivity contribution in [3.8, 4) is 0 Å². The topological polar surface area (TPSA) is 54.6 Å². The number of hydrazone groups is 1. The van der Waals surface area contributed by atoms with E-state index in [4.69, 9.17) is 4.42 Å². The van der Waals surface area contributed by atoms with Gasteiger partial charge in [-0.15, -0.1) is 0 Å². The van der Waals surface area contributed by atoms with Crippen LogP contribution in [0.2, 0.25) is 0 Å². The number of furan rings is 1. The number of rotatable bonds is 3. The predicted molar refractivity (Wildman–Crippen MR) is 77.7 cm³/mol. The van der Waals surface area contributed by atoms with Crippen LogP contribution in [0.3, 0.4) is 0 Å². The van der Waals surface area contributed by atoms with Crippen LogP contribution in [-0.4, -0.2) is 12.1 Å². The van der Waals surface area contributed by atoms with Crippen LogP contribution in [0.15, 0.2) is 64.1 Å². The molecule has 3 rings (SSSR count). The molecule has 1 amide bonds. The molecule has 0 bridgehead atoms. The van der Waals surface area contributed by atoms with Gasteiger partial charge in [0.2, 0.25) is 0 Å². The first-order valence-corrected chi connectivity index (χ1v) is 6.30.